The molecule has 0 aliphatic heterocycles. The highest BCUT2D eigenvalue weighted by molar-refractivity contribution is 5.50. The Labute approximate surface area is 151 Å². The van der Waals surface area contributed by atoms with Gasteiger partial charge >= 0.3 is 0 Å². The van der Waals surface area contributed by atoms with E-state index in [0.717, 1.165) is 0 Å². The standard InChI is InChI=1S/C24H40/c1-4-6-8-9-10-11-12-13-16-23-17-14-18-24(21-23)20-19-22(3)15-7-5-2/h14,17-22H,4-13,15-16H2,1-3H3. The van der Waals surface area contributed by atoms with E-state index in [0.29, 0.717) is 5.92 Å². The summed E-state index contributed by atoms with van der Waals surface area (Å²) in [6.45, 7) is 6.89. The van der Waals surface area contributed by atoms with Crippen LogP contribution in [0.3, 0.4) is 0 Å². The molecule has 0 aliphatic carbocycles. The smallest absolute Gasteiger partial charge is 0.0257 e. The van der Waals surface area contributed by atoms with Crippen molar-refractivity contribution < 1.29 is 0 Å². The van der Waals surface area contributed by atoms with Crippen LogP contribution in [0.15, 0.2) is 30.3 Å². The zero-order valence-corrected chi connectivity index (χ0v) is 16.5. The van der Waals surface area contributed by atoms with Crippen LogP contribution in [0.4, 0.5) is 0 Å². The Morgan fingerprint density at radius 1 is 0.833 bits per heavy atom. The summed E-state index contributed by atoms with van der Waals surface area (Å²) in [5.74, 6) is 0.696. The molecule has 136 valence electrons. The fourth-order valence-electron chi connectivity index (χ4n) is 3.21. The Kier molecular flexibility index (Phi) is 12.5. The van der Waals surface area contributed by atoms with Crippen LogP contribution in [0, 0.1) is 5.92 Å². The topological polar surface area (TPSA) is 0 Å². The predicted molar refractivity (Wildman–Crippen MR) is 110 cm³/mol. The lowest BCUT2D eigenvalue weighted by Crippen LogP contribution is -1.90. The van der Waals surface area contributed by atoms with Crippen LogP contribution in [0.25, 0.3) is 6.08 Å². The van der Waals surface area contributed by atoms with Gasteiger partial charge in [-0.3, -0.25) is 0 Å². The van der Waals surface area contributed by atoms with Crippen LogP contribution in [0.1, 0.15) is 103 Å². The third-order valence-electron chi connectivity index (χ3n) is 4.90. The fourth-order valence-corrected chi connectivity index (χ4v) is 3.21. The molecule has 0 aromatic heterocycles. The van der Waals surface area contributed by atoms with Crippen LogP contribution in [-0.4, -0.2) is 0 Å². The highest BCUT2D eigenvalue weighted by Crippen LogP contribution is 2.15. The van der Waals surface area contributed by atoms with Crippen molar-refractivity contribution in [3.8, 4) is 0 Å². The van der Waals surface area contributed by atoms with E-state index in [4.69, 9.17) is 0 Å². The van der Waals surface area contributed by atoms with E-state index in [1.165, 1.54) is 88.2 Å². The van der Waals surface area contributed by atoms with Gasteiger partial charge in [-0.05, 0) is 36.3 Å². The second-order valence-corrected chi connectivity index (χ2v) is 7.45. The summed E-state index contributed by atoms with van der Waals surface area (Å²) in [5, 5.41) is 0. The van der Waals surface area contributed by atoms with Crippen molar-refractivity contribution in [2.75, 3.05) is 0 Å². The molecule has 0 saturated heterocycles. The van der Waals surface area contributed by atoms with Crippen molar-refractivity contribution in [3.63, 3.8) is 0 Å². The van der Waals surface area contributed by atoms with Crippen molar-refractivity contribution in [3.05, 3.63) is 41.5 Å². The molecular formula is C24H40. The third-order valence-corrected chi connectivity index (χ3v) is 4.90. The van der Waals surface area contributed by atoms with Crippen molar-refractivity contribution in [1.82, 2.24) is 0 Å². The number of benzene rings is 1. The maximum absolute atomic E-state index is 2.38. The number of unbranched alkanes of at least 4 members (excludes halogenated alkanes) is 8. The predicted octanol–water partition coefficient (Wildman–Crippen LogP) is 8.21. The molecule has 0 radical (unpaired) electrons. The normalized spacial score (nSPS) is 12.8. The lowest BCUT2D eigenvalue weighted by Gasteiger charge is -2.06. The van der Waals surface area contributed by atoms with Crippen molar-refractivity contribution >= 4 is 6.08 Å². The Balaban J connectivity index is 2.23. The zero-order valence-electron chi connectivity index (χ0n) is 16.5. The fraction of sp³-hybridized carbons (Fsp3) is 0.667. The zero-order chi connectivity index (χ0) is 17.5. The first kappa shape index (κ1) is 21.0. The van der Waals surface area contributed by atoms with Crippen LogP contribution in [0.2, 0.25) is 0 Å². The van der Waals surface area contributed by atoms with Crippen molar-refractivity contribution in [2.45, 2.75) is 97.8 Å². The Morgan fingerprint density at radius 2 is 1.50 bits per heavy atom. The number of hydrogen-bond acceptors (Lipinski definition) is 0. The lowest BCUT2D eigenvalue weighted by atomic mass is 10.0. The second-order valence-electron chi connectivity index (χ2n) is 7.45. The first-order valence-corrected chi connectivity index (χ1v) is 10.5. The summed E-state index contributed by atoms with van der Waals surface area (Å²) < 4.78 is 0. The van der Waals surface area contributed by atoms with Gasteiger partial charge in [0, 0.05) is 0 Å². The quantitative estimate of drug-likeness (QED) is 0.302. The molecule has 0 saturated carbocycles. The molecule has 0 heterocycles. The van der Waals surface area contributed by atoms with E-state index >= 15 is 0 Å². The third kappa shape index (κ3) is 10.7. The first-order valence-electron chi connectivity index (χ1n) is 10.5. The monoisotopic (exact) mass is 328 g/mol. The van der Waals surface area contributed by atoms with E-state index < -0.39 is 0 Å². The lowest BCUT2D eigenvalue weighted by molar-refractivity contribution is 0.575. The molecule has 1 aromatic rings. The Bertz CT molecular complexity index is 429. The van der Waals surface area contributed by atoms with Gasteiger partial charge < -0.3 is 0 Å². The van der Waals surface area contributed by atoms with Crippen LogP contribution in [-0.2, 0) is 6.42 Å². The summed E-state index contributed by atoms with van der Waals surface area (Å²) >= 11 is 0. The van der Waals surface area contributed by atoms with Crippen LogP contribution < -0.4 is 0 Å². The molecule has 0 N–H and O–H groups in total. The molecule has 1 atom stereocenters. The first-order chi connectivity index (χ1) is 11.8. The summed E-state index contributed by atoms with van der Waals surface area (Å²) in [6, 6.07) is 9.13. The van der Waals surface area contributed by atoms with E-state index in [9.17, 15) is 0 Å². The molecule has 0 heteroatoms. The SMILES string of the molecule is CCCCCCCCCCc1cccc(C=CC(C)CCCC)c1. The van der Waals surface area contributed by atoms with Gasteiger partial charge in [0.05, 0.1) is 0 Å². The van der Waals surface area contributed by atoms with Gasteiger partial charge in [-0.1, -0.05) is 115 Å². The van der Waals surface area contributed by atoms with E-state index in [-0.39, 0.29) is 0 Å². The number of allylic oxidation sites excluding steroid dienone is 1. The maximum Gasteiger partial charge on any atom is -0.0257 e. The highest BCUT2D eigenvalue weighted by atomic mass is 14.0. The van der Waals surface area contributed by atoms with E-state index in [2.05, 4.69) is 57.2 Å². The van der Waals surface area contributed by atoms with Gasteiger partial charge in [-0.25, -0.2) is 0 Å². The molecule has 0 fully saturated rings. The van der Waals surface area contributed by atoms with Gasteiger partial charge in [0.15, 0.2) is 0 Å². The molecule has 0 amide bonds. The maximum atomic E-state index is 2.38. The highest BCUT2D eigenvalue weighted by Gasteiger charge is 1.98. The number of aryl methyl sites for hydroxylation is 1. The molecule has 0 bridgehead atoms. The summed E-state index contributed by atoms with van der Waals surface area (Å²) in [5.41, 5.74) is 2.87. The number of rotatable bonds is 14. The van der Waals surface area contributed by atoms with Crippen LogP contribution >= 0.6 is 0 Å². The molecule has 1 rings (SSSR count). The van der Waals surface area contributed by atoms with E-state index in [1.54, 1.807) is 0 Å². The van der Waals surface area contributed by atoms with Crippen molar-refractivity contribution in [2.24, 2.45) is 5.92 Å². The summed E-state index contributed by atoms with van der Waals surface area (Å²) in [6.07, 6.45) is 21.1. The molecule has 0 spiro atoms. The average molecular weight is 329 g/mol. The minimum Gasteiger partial charge on any atom is -0.0811 e. The molecule has 0 aliphatic rings. The van der Waals surface area contributed by atoms with Gasteiger partial charge in [-0.2, -0.15) is 0 Å². The van der Waals surface area contributed by atoms with Gasteiger partial charge in [-0.15, -0.1) is 0 Å². The number of hydrogen-bond donors (Lipinski definition) is 0. The molecular weight excluding hydrogens is 288 g/mol. The minimum absolute atomic E-state index is 0.696. The molecule has 1 unspecified atom stereocenters. The second kappa shape index (κ2) is 14.3. The van der Waals surface area contributed by atoms with Gasteiger partial charge in [0.25, 0.3) is 0 Å². The van der Waals surface area contributed by atoms with Crippen LogP contribution in [0.5, 0.6) is 0 Å². The average Bonchev–Trinajstić information content (AvgIpc) is 2.61. The van der Waals surface area contributed by atoms with Gasteiger partial charge in [0.1, 0.15) is 0 Å². The Morgan fingerprint density at radius 3 is 2.21 bits per heavy atom. The van der Waals surface area contributed by atoms with Crippen molar-refractivity contribution in [1.29, 1.82) is 0 Å². The Hall–Kier alpha value is -1.04. The molecule has 1 aromatic carbocycles. The minimum atomic E-state index is 0.696. The molecule has 0 nitrogen and oxygen atoms in total. The molecule has 24 heavy (non-hydrogen) atoms. The summed E-state index contributed by atoms with van der Waals surface area (Å²) in [7, 11) is 0. The van der Waals surface area contributed by atoms with Gasteiger partial charge in [0.2, 0.25) is 0 Å². The largest absolute Gasteiger partial charge is 0.0811 e. The summed E-state index contributed by atoms with van der Waals surface area (Å²) in [4.78, 5) is 0. The van der Waals surface area contributed by atoms with E-state index in [1.807, 2.05) is 0 Å².